The van der Waals surface area contributed by atoms with Crippen LogP contribution in [0.3, 0.4) is 0 Å². The van der Waals surface area contributed by atoms with Crippen LogP contribution in [0.25, 0.3) is 0 Å². The highest BCUT2D eigenvalue weighted by Crippen LogP contribution is 2.49. The third kappa shape index (κ3) is 3.40. The first-order valence-corrected chi connectivity index (χ1v) is 7.05. The zero-order chi connectivity index (χ0) is 14.7. The van der Waals surface area contributed by atoms with Gasteiger partial charge in [-0.25, -0.2) is 0 Å². The zero-order valence-corrected chi connectivity index (χ0v) is 13.3. The van der Waals surface area contributed by atoms with Crippen molar-refractivity contribution in [2.75, 3.05) is 0 Å². The molecule has 0 saturated heterocycles. The highest BCUT2D eigenvalue weighted by Gasteiger charge is 2.43. The Bertz CT molecular complexity index is 411. The van der Waals surface area contributed by atoms with E-state index in [0.717, 1.165) is 5.76 Å². The molecule has 0 bridgehead atoms. The molecule has 0 N–H and O–H groups in total. The molecule has 0 spiro atoms. The normalized spacial score (nSPS) is 15.1. The lowest BCUT2D eigenvalue weighted by atomic mass is 9.61. The quantitative estimate of drug-likeness (QED) is 0.642. The molecule has 1 rings (SSSR count). The Morgan fingerprint density at radius 1 is 1.11 bits per heavy atom. The molecule has 0 aliphatic rings. The first-order valence-electron chi connectivity index (χ1n) is 7.05. The summed E-state index contributed by atoms with van der Waals surface area (Å²) < 4.78 is 5.99. The van der Waals surface area contributed by atoms with Gasteiger partial charge >= 0.3 is 0 Å². The van der Waals surface area contributed by atoms with Crippen LogP contribution in [-0.4, -0.2) is 0 Å². The van der Waals surface area contributed by atoms with E-state index in [1.165, 1.54) is 5.56 Å². The lowest BCUT2D eigenvalue weighted by Gasteiger charge is -2.46. The van der Waals surface area contributed by atoms with E-state index >= 15 is 0 Å². The average molecular weight is 260 g/mol. The topological polar surface area (TPSA) is 9.23 Å². The Kier molecular flexibility index (Phi) is 4.84. The fourth-order valence-corrected chi connectivity index (χ4v) is 2.50. The molecule has 0 saturated carbocycles. The summed E-state index contributed by atoms with van der Waals surface area (Å²) in [5.41, 5.74) is 1.26. The first-order chi connectivity index (χ1) is 8.69. The van der Waals surface area contributed by atoms with Gasteiger partial charge in [-0.3, -0.25) is 0 Å². The van der Waals surface area contributed by atoms with E-state index in [1.807, 2.05) is 18.2 Å². The van der Waals surface area contributed by atoms with Crippen molar-refractivity contribution in [3.8, 4) is 0 Å². The number of allylic oxidation sites excluding steroid dienone is 1. The largest absolute Gasteiger partial charge is 0.493 e. The molecule has 1 nitrogen and oxygen atoms in total. The number of benzene rings is 1. The molecule has 0 amide bonds. The van der Waals surface area contributed by atoms with Crippen molar-refractivity contribution in [2.45, 2.75) is 48.1 Å². The highest BCUT2D eigenvalue weighted by atomic mass is 16.5. The van der Waals surface area contributed by atoms with Gasteiger partial charge in [-0.15, -0.1) is 0 Å². The van der Waals surface area contributed by atoms with Crippen LogP contribution in [0, 0.1) is 16.7 Å². The van der Waals surface area contributed by atoms with Gasteiger partial charge in [-0.05, 0) is 16.9 Å². The minimum Gasteiger partial charge on any atom is -0.493 e. The second-order valence-corrected chi connectivity index (χ2v) is 6.80. The van der Waals surface area contributed by atoms with Gasteiger partial charge in [0.2, 0.25) is 0 Å². The Labute approximate surface area is 118 Å². The summed E-state index contributed by atoms with van der Waals surface area (Å²) in [6.07, 6.45) is 0. The van der Waals surface area contributed by atoms with Gasteiger partial charge < -0.3 is 4.74 Å². The molecule has 1 unspecified atom stereocenters. The highest BCUT2D eigenvalue weighted by molar-refractivity contribution is 5.15. The van der Waals surface area contributed by atoms with Gasteiger partial charge in [0.1, 0.15) is 6.61 Å². The monoisotopic (exact) mass is 260 g/mol. The second-order valence-electron chi connectivity index (χ2n) is 6.80. The van der Waals surface area contributed by atoms with E-state index in [4.69, 9.17) is 4.74 Å². The van der Waals surface area contributed by atoms with Crippen LogP contribution in [0.5, 0.6) is 0 Å². The third-order valence-corrected chi connectivity index (χ3v) is 4.55. The van der Waals surface area contributed by atoms with E-state index in [-0.39, 0.29) is 10.8 Å². The van der Waals surface area contributed by atoms with Gasteiger partial charge in [0.05, 0.1) is 5.76 Å². The van der Waals surface area contributed by atoms with Crippen LogP contribution >= 0.6 is 0 Å². The van der Waals surface area contributed by atoms with E-state index in [9.17, 15) is 0 Å². The molecule has 0 aliphatic carbocycles. The first kappa shape index (κ1) is 15.8. The molecule has 0 aromatic heterocycles. The van der Waals surface area contributed by atoms with Crippen molar-refractivity contribution in [3.05, 3.63) is 48.2 Å². The Balaban J connectivity index is 2.80. The van der Waals surface area contributed by atoms with Gasteiger partial charge in [-0.2, -0.15) is 0 Å². The van der Waals surface area contributed by atoms with Crippen molar-refractivity contribution >= 4 is 0 Å². The predicted molar refractivity (Wildman–Crippen MR) is 82.8 cm³/mol. The van der Waals surface area contributed by atoms with Crippen molar-refractivity contribution in [2.24, 2.45) is 16.7 Å². The molecule has 1 aromatic carbocycles. The molecule has 106 valence electrons. The van der Waals surface area contributed by atoms with E-state index in [1.54, 1.807) is 0 Å². The second kappa shape index (κ2) is 5.81. The van der Waals surface area contributed by atoms with Crippen molar-refractivity contribution in [1.29, 1.82) is 0 Å². The maximum atomic E-state index is 5.99. The number of hydrogen-bond donors (Lipinski definition) is 0. The fraction of sp³-hybridized carbons (Fsp3) is 0.556. The van der Waals surface area contributed by atoms with Gasteiger partial charge in [0.15, 0.2) is 0 Å². The molecule has 0 heterocycles. The summed E-state index contributed by atoms with van der Waals surface area (Å²) in [7, 11) is 0. The summed E-state index contributed by atoms with van der Waals surface area (Å²) in [4.78, 5) is 0. The summed E-state index contributed by atoms with van der Waals surface area (Å²) >= 11 is 0. The number of rotatable bonds is 5. The van der Waals surface area contributed by atoms with Crippen LogP contribution in [0.1, 0.15) is 47.1 Å². The SMILES string of the molecule is C=C(OCc1ccccc1)C(C)(C(C)C)C(C)(C)C. The maximum absolute atomic E-state index is 5.99. The number of ether oxygens (including phenoxy) is 1. The Hall–Kier alpha value is -1.24. The molecule has 1 aromatic rings. The van der Waals surface area contributed by atoms with Crippen LogP contribution in [0.4, 0.5) is 0 Å². The minimum atomic E-state index is -0.0399. The molecule has 0 fully saturated rings. The fourth-order valence-electron chi connectivity index (χ4n) is 2.50. The molecule has 1 atom stereocenters. The standard InChI is InChI=1S/C18H28O/c1-14(2)18(7,17(4,5)6)15(3)19-13-16-11-9-8-10-12-16/h8-12,14H,3,13H2,1-2,4-7H3. The van der Waals surface area contributed by atoms with Crippen molar-refractivity contribution in [3.63, 3.8) is 0 Å². The van der Waals surface area contributed by atoms with Gasteiger partial charge in [0, 0.05) is 5.41 Å². The maximum Gasteiger partial charge on any atom is 0.113 e. The lowest BCUT2D eigenvalue weighted by Crippen LogP contribution is -2.39. The molecular formula is C18H28O. The Morgan fingerprint density at radius 3 is 2.05 bits per heavy atom. The van der Waals surface area contributed by atoms with Crippen LogP contribution in [0.2, 0.25) is 0 Å². The zero-order valence-electron chi connectivity index (χ0n) is 13.3. The van der Waals surface area contributed by atoms with E-state index < -0.39 is 0 Å². The smallest absolute Gasteiger partial charge is 0.113 e. The molecule has 19 heavy (non-hydrogen) atoms. The van der Waals surface area contributed by atoms with Crippen LogP contribution in [-0.2, 0) is 11.3 Å². The van der Waals surface area contributed by atoms with Gasteiger partial charge in [0.25, 0.3) is 0 Å². The number of hydrogen-bond acceptors (Lipinski definition) is 1. The summed E-state index contributed by atoms with van der Waals surface area (Å²) in [6, 6.07) is 10.2. The van der Waals surface area contributed by atoms with Crippen molar-refractivity contribution < 1.29 is 4.74 Å². The third-order valence-electron chi connectivity index (χ3n) is 4.55. The minimum absolute atomic E-state index is 0.0399. The predicted octanol–water partition coefficient (Wildman–Crippen LogP) is 5.43. The van der Waals surface area contributed by atoms with Crippen LogP contribution in [0.15, 0.2) is 42.7 Å². The lowest BCUT2D eigenvalue weighted by molar-refractivity contribution is 0.0124. The Morgan fingerprint density at radius 2 is 1.63 bits per heavy atom. The van der Waals surface area contributed by atoms with E-state index in [2.05, 4.69) is 60.3 Å². The van der Waals surface area contributed by atoms with Crippen LogP contribution < -0.4 is 0 Å². The van der Waals surface area contributed by atoms with Crippen molar-refractivity contribution in [1.82, 2.24) is 0 Å². The molecule has 0 radical (unpaired) electrons. The van der Waals surface area contributed by atoms with Gasteiger partial charge in [-0.1, -0.05) is 78.5 Å². The average Bonchev–Trinajstić information content (AvgIpc) is 2.34. The molecule has 1 heteroatoms. The van der Waals surface area contributed by atoms with E-state index in [0.29, 0.717) is 12.5 Å². The molecule has 0 aliphatic heterocycles. The summed E-state index contributed by atoms with van der Waals surface area (Å²) in [6.45, 7) is 18.3. The molecular weight excluding hydrogens is 232 g/mol. The summed E-state index contributed by atoms with van der Waals surface area (Å²) in [5, 5.41) is 0. The summed E-state index contributed by atoms with van der Waals surface area (Å²) in [5.74, 6) is 1.37.